The Labute approximate surface area is 146 Å². The number of aromatic nitrogens is 1. The lowest BCUT2D eigenvalue weighted by Gasteiger charge is -2.19. The number of cyclic esters (lactones) is 2. The molecule has 0 spiro atoms. The molecule has 0 saturated carbocycles. The highest BCUT2D eigenvalue weighted by Crippen LogP contribution is 2.34. The van der Waals surface area contributed by atoms with Crippen molar-refractivity contribution in [2.75, 3.05) is 0 Å². The highest BCUT2D eigenvalue weighted by atomic mass is 16.6. The fourth-order valence-electron chi connectivity index (χ4n) is 3.44. The molecule has 2 aliphatic rings. The van der Waals surface area contributed by atoms with E-state index in [1.165, 1.54) is 0 Å². The Morgan fingerprint density at radius 3 is 2.24 bits per heavy atom. The third kappa shape index (κ3) is 2.97. The molecule has 3 rings (SSSR count). The van der Waals surface area contributed by atoms with Gasteiger partial charge in [0.2, 0.25) is 0 Å². The molecule has 2 fully saturated rings. The smallest absolute Gasteiger partial charge is 0.331 e. The molecule has 0 aromatic carbocycles. The first kappa shape index (κ1) is 17.7. The number of hydrogen-bond donors (Lipinski definition) is 1. The van der Waals surface area contributed by atoms with Gasteiger partial charge in [-0.3, -0.25) is 4.99 Å². The summed E-state index contributed by atoms with van der Waals surface area (Å²) in [6.45, 7) is 7.38. The SMILES string of the molecule is CC1OC(=O)C(N=Cc2ccc(CO)n2C2C(=O)OC(C)C2C)C1C. The van der Waals surface area contributed by atoms with Crippen LogP contribution < -0.4 is 0 Å². The van der Waals surface area contributed by atoms with Crippen LogP contribution in [0.15, 0.2) is 17.1 Å². The minimum atomic E-state index is -0.553. The number of nitrogens with zero attached hydrogens (tertiary/aromatic N) is 2. The van der Waals surface area contributed by atoms with Crippen LogP contribution in [0, 0.1) is 11.8 Å². The van der Waals surface area contributed by atoms with Gasteiger partial charge in [-0.05, 0) is 26.0 Å². The van der Waals surface area contributed by atoms with E-state index in [4.69, 9.17) is 9.47 Å². The van der Waals surface area contributed by atoms with Crippen molar-refractivity contribution in [3.8, 4) is 0 Å². The van der Waals surface area contributed by atoms with Gasteiger partial charge in [0, 0.05) is 23.7 Å². The fourth-order valence-corrected chi connectivity index (χ4v) is 3.44. The molecular formula is C18H24N2O5. The molecule has 2 aliphatic heterocycles. The van der Waals surface area contributed by atoms with Gasteiger partial charge >= 0.3 is 11.9 Å². The number of ether oxygens (including phenoxy) is 2. The van der Waals surface area contributed by atoms with Gasteiger partial charge in [0.25, 0.3) is 0 Å². The zero-order valence-electron chi connectivity index (χ0n) is 14.9. The first-order chi connectivity index (χ1) is 11.8. The van der Waals surface area contributed by atoms with E-state index < -0.39 is 12.1 Å². The van der Waals surface area contributed by atoms with Gasteiger partial charge in [-0.25, -0.2) is 9.59 Å². The molecule has 0 bridgehead atoms. The van der Waals surface area contributed by atoms with Gasteiger partial charge in [0.05, 0.1) is 12.3 Å². The third-order valence-corrected chi connectivity index (χ3v) is 5.41. The van der Waals surface area contributed by atoms with Crippen molar-refractivity contribution in [2.24, 2.45) is 16.8 Å². The second-order valence-corrected chi connectivity index (χ2v) is 6.95. The molecule has 1 aromatic rings. The van der Waals surface area contributed by atoms with Crippen molar-refractivity contribution in [2.45, 2.75) is 58.6 Å². The first-order valence-corrected chi connectivity index (χ1v) is 8.60. The Balaban J connectivity index is 1.93. The number of hydrogen-bond acceptors (Lipinski definition) is 6. The minimum Gasteiger partial charge on any atom is -0.461 e. The van der Waals surface area contributed by atoms with Gasteiger partial charge in [0.1, 0.15) is 18.2 Å². The van der Waals surface area contributed by atoms with Crippen LogP contribution in [0.4, 0.5) is 0 Å². The summed E-state index contributed by atoms with van der Waals surface area (Å²) >= 11 is 0. The molecule has 1 aromatic heterocycles. The molecule has 2 saturated heterocycles. The molecule has 3 heterocycles. The predicted molar refractivity (Wildman–Crippen MR) is 90.2 cm³/mol. The van der Waals surface area contributed by atoms with Gasteiger partial charge in [0.15, 0.2) is 6.04 Å². The standard InChI is InChI=1S/C18H24N2O5/c1-9-11(3)24-17(22)15(9)19-7-13-5-6-14(8-21)20(13)16-10(2)12(4)25-18(16)23/h5-7,9-12,15-16,21H,8H2,1-4H3. The average Bonchev–Trinajstić information content (AvgIpc) is 3.15. The molecule has 136 valence electrons. The maximum absolute atomic E-state index is 12.3. The van der Waals surface area contributed by atoms with Crippen molar-refractivity contribution in [3.63, 3.8) is 0 Å². The quantitative estimate of drug-likeness (QED) is 0.657. The summed E-state index contributed by atoms with van der Waals surface area (Å²) in [6.07, 6.45) is 1.23. The van der Waals surface area contributed by atoms with Crippen molar-refractivity contribution >= 4 is 18.2 Å². The predicted octanol–water partition coefficient (Wildman–Crippen LogP) is 1.47. The van der Waals surface area contributed by atoms with Crippen molar-refractivity contribution in [1.82, 2.24) is 4.57 Å². The lowest BCUT2D eigenvalue weighted by atomic mass is 9.99. The van der Waals surface area contributed by atoms with Crippen LogP contribution in [-0.2, 0) is 25.7 Å². The third-order valence-electron chi connectivity index (χ3n) is 5.41. The number of aliphatic imine (C=N–C) groups is 1. The maximum Gasteiger partial charge on any atom is 0.331 e. The van der Waals surface area contributed by atoms with Crippen LogP contribution >= 0.6 is 0 Å². The Morgan fingerprint density at radius 2 is 1.72 bits per heavy atom. The van der Waals surface area contributed by atoms with Gasteiger partial charge in [-0.1, -0.05) is 13.8 Å². The van der Waals surface area contributed by atoms with E-state index in [2.05, 4.69) is 4.99 Å². The molecule has 7 nitrogen and oxygen atoms in total. The first-order valence-electron chi connectivity index (χ1n) is 8.60. The number of carbonyl (C=O) groups excluding carboxylic acids is 2. The molecule has 0 radical (unpaired) electrons. The van der Waals surface area contributed by atoms with E-state index in [0.717, 1.165) is 0 Å². The van der Waals surface area contributed by atoms with Gasteiger partial charge in [-0.15, -0.1) is 0 Å². The zero-order valence-corrected chi connectivity index (χ0v) is 14.9. The topological polar surface area (TPSA) is 90.1 Å². The highest BCUT2D eigenvalue weighted by molar-refractivity contribution is 5.86. The Bertz CT molecular complexity index is 710. The summed E-state index contributed by atoms with van der Waals surface area (Å²) in [5.41, 5.74) is 1.27. The summed E-state index contributed by atoms with van der Waals surface area (Å²) < 4.78 is 12.3. The van der Waals surface area contributed by atoms with Crippen LogP contribution in [0.2, 0.25) is 0 Å². The summed E-state index contributed by atoms with van der Waals surface area (Å²) in [4.78, 5) is 28.6. The van der Waals surface area contributed by atoms with E-state index in [-0.39, 0.29) is 42.6 Å². The Hall–Kier alpha value is -2.15. The van der Waals surface area contributed by atoms with E-state index >= 15 is 0 Å². The van der Waals surface area contributed by atoms with Crippen LogP contribution in [0.1, 0.15) is 45.1 Å². The number of carbonyl (C=O) groups is 2. The molecular weight excluding hydrogens is 324 g/mol. The monoisotopic (exact) mass is 348 g/mol. The molecule has 6 unspecified atom stereocenters. The number of aliphatic hydroxyl groups is 1. The second kappa shape index (κ2) is 6.63. The second-order valence-electron chi connectivity index (χ2n) is 6.95. The Kier molecular flexibility index (Phi) is 4.69. The number of esters is 2. The highest BCUT2D eigenvalue weighted by Gasteiger charge is 2.42. The van der Waals surface area contributed by atoms with Gasteiger partial charge in [-0.2, -0.15) is 0 Å². The zero-order chi connectivity index (χ0) is 18.3. The molecule has 25 heavy (non-hydrogen) atoms. The van der Waals surface area contributed by atoms with Crippen LogP contribution in [0.25, 0.3) is 0 Å². The van der Waals surface area contributed by atoms with Crippen LogP contribution in [0.5, 0.6) is 0 Å². The van der Waals surface area contributed by atoms with E-state index in [0.29, 0.717) is 11.4 Å². The maximum atomic E-state index is 12.3. The molecule has 0 amide bonds. The fraction of sp³-hybridized carbons (Fsp3) is 0.611. The van der Waals surface area contributed by atoms with Crippen molar-refractivity contribution < 1.29 is 24.2 Å². The lowest BCUT2D eigenvalue weighted by molar-refractivity contribution is -0.143. The van der Waals surface area contributed by atoms with Crippen LogP contribution in [-0.4, -0.2) is 46.1 Å². The van der Waals surface area contributed by atoms with E-state index in [9.17, 15) is 14.7 Å². The molecule has 6 atom stereocenters. The van der Waals surface area contributed by atoms with Crippen molar-refractivity contribution in [3.05, 3.63) is 23.5 Å². The van der Waals surface area contributed by atoms with Gasteiger partial charge < -0.3 is 19.1 Å². The van der Waals surface area contributed by atoms with Crippen molar-refractivity contribution in [1.29, 1.82) is 0 Å². The summed E-state index contributed by atoms with van der Waals surface area (Å²) in [5, 5.41) is 9.64. The number of rotatable bonds is 4. The van der Waals surface area contributed by atoms with E-state index in [1.54, 1.807) is 22.9 Å². The van der Waals surface area contributed by atoms with Crippen LogP contribution in [0.3, 0.4) is 0 Å². The normalized spacial score (nSPS) is 35.4. The lowest BCUT2D eigenvalue weighted by Crippen LogP contribution is -2.25. The Morgan fingerprint density at radius 1 is 1.08 bits per heavy atom. The summed E-state index contributed by atoms with van der Waals surface area (Å²) in [5.74, 6) is -0.700. The summed E-state index contributed by atoms with van der Waals surface area (Å²) in [7, 11) is 0. The largest absolute Gasteiger partial charge is 0.461 e. The molecule has 1 N–H and O–H groups in total. The summed E-state index contributed by atoms with van der Waals surface area (Å²) in [6, 6.07) is 2.47. The minimum absolute atomic E-state index is 0.0140. The molecule has 7 heteroatoms. The van der Waals surface area contributed by atoms with E-state index in [1.807, 2.05) is 27.7 Å². The molecule has 0 aliphatic carbocycles. The number of aliphatic hydroxyl groups excluding tert-OH is 1. The average molecular weight is 348 g/mol.